The lowest BCUT2D eigenvalue weighted by atomic mass is 9.91. The number of amides is 2. The van der Waals surface area contributed by atoms with Gasteiger partial charge in [-0.05, 0) is 50.2 Å². The smallest absolute Gasteiger partial charge is 0.261 e. The van der Waals surface area contributed by atoms with Crippen LogP contribution in [0.4, 0.5) is 17.1 Å². The van der Waals surface area contributed by atoms with Crippen molar-refractivity contribution in [3.05, 3.63) is 102 Å². The molecule has 0 radical (unpaired) electrons. The Morgan fingerprint density at radius 1 is 0.750 bits per heavy atom. The Bertz CT molecular complexity index is 1190. The number of ketones is 1. The van der Waals surface area contributed by atoms with Crippen LogP contribution in [0, 0.1) is 0 Å². The van der Waals surface area contributed by atoms with Gasteiger partial charge in [-0.1, -0.05) is 54.6 Å². The maximum atomic E-state index is 13.7. The second-order valence-electron chi connectivity index (χ2n) is 7.67. The van der Waals surface area contributed by atoms with Crippen molar-refractivity contribution in [1.29, 1.82) is 0 Å². The Hall–Kier alpha value is -4.19. The molecule has 0 unspecified atom stereocenters. The molecule has 0 aliphatic carbocycles. The Morgan fingerprint density at radius 2 is 1.22 bits per heavy atom. The summed E-state index contributed by atoms with van der Waals surface area (Å²) in [6.45, 7) is 3.23. The highest BCUT2D eigenvalue weighted by atomic mass is 16.2. The maximum Gasteiger partial charge on any atom is 0.261 e. The molecule has 0 saturated heterocycles. The zero-order valence-corrected chi connectivity index (χ0v) is 17.8. The van der Waals surface area contributed by atoms with E-state index in [9.17, 15) is 14.4 Å². The van der Waals surface area contributed by atoms with E-state index in [-0.39, 0.29) is 5.57 Å². The first kappa shape index (κ1) is 21.1. The van der Waals surface area contributed by atoms with Gasteiger partial charge >= 0.3 is 0 Å². The molecule has 1 aliphatic heterocycles. The number of hydrogen-bond acceptors (Lipinski definition) is 4. The van der Waals surface area contributed by atoms with Crippen molar-refractivity contribution < 1.29 is 14.4 Å². The average Bonchev–Trinajstić information content (AvgIpc) is 3.01. The van der Waals surface area contributed by atoms with Gasteiger partial charge in [0.15, 0.2) is 5.54 Å². The molecule has 1 aliphatic rings. The first-order valence-corrected chi connectivity index (χ1v) is 10.3. The molecule has 0 fully saturated rings. The number of rotatable bonds is 5. The first-order chi connectivity index (χ1) is 15.4. The summed E-state index contributed by atoms with van der Waals surface area (Å²) in [5, 5.41) is 5.59. The second kappa shape index (κ2) is 8.51. The fourth-order valence-corrected chi connectivity index (χ4v) is 3.95. The van der Waals surface area contributed by atoms with Crippen LogP contribution < -0.4 is 15.5 Å². The highest BCUT2D eigenvalue weighted by Crippen LogP contribution is 2.39. The zero-order valence-electron chi connectivity index (χ0n) is 17.8. The van der Waals surface area contributed by atoms with Gasteiger partial charge in [-0.2, -0.15) is 0 Å². The van der Waals surface area contributed by atoms with Gasteiger partial charge in [0.2, 0.25) is 5.78 Å². The first-order valence-electron chi connectivity index (χ1n) is 10.3. The van der Waals surface area contributed by atoms with Crippen molar-refractivity contribution in [3.63, 3.8) is 0 Å². The van der Waals surface area contributed by atoms with E-state index < -0.39 is 23.1 Å². The lowest BCUT2D eigenvalue weighted by Crippen LogP contribution is -2.56. The van der Waals surface area contributed by atoms with Gasteiger partial charge in [-0.15, -0.1) is 0 Å². The molecule has 3 aromatic rings. The molecule has 1 heterocycles. The average molecular weight is 425 g/mol. The third-order valence-electron chi connectivity index (χ3n) is 5.56. The van der Waals surface area contributed by atoms with Gasteiger partial charge < -0.3 is 15.5 Å². The van der Waals surface area contributed by atoms with Gasteiger partial charge in [0.05, 0.1) is 0 Å². The number of hydrogen-bond donors (Lipinski definition) is 2. The molecule has 3 aromatic carbocycles. The lowest BCUT2D eigenvalue weighted by Gasteiger charge is -2.35. The Labute approximate surface area is 186 Å². The summed E-state index contributed by atoms with van der Waals surface area (Å²) in [6.07, 6.45) is 0. The van der Waals surface area contributed by atoms with E-state index in [0.29, 0.717) is 22.8 Å². The predicted molar refractivity (Wildman–Crippen MR) is 125 cm³/mol. The summed E-state index contributed by atoms with van der Waals surface area (Å²) in [5.74, 6) is -1.61. The molecule has 32 heavy (non-hydrogen) atoms. The molecule has 6 nitrogen and oxygen atoms in total. The fourth-order valence-electron chi connectivity index (χ4n) is 3.95. The molecule has 0 aromatic heterocycles. The lowest BCUT2D eigenvalue weighted by molar-refractivity contribution is -0.129. The molecule has 0 spiro atoms. The standard InChI is InChI=1S/C26H23N3O3/c1-18-22(24(31)27-19-12-6-3-7-13-19)23(30)26(2,29(18)21-16-10-5-11-17-21)25(32)28-20-14-8-4-9-15-20/h3-17H,1-2H3,(H,27,31)(H,28,32)/t26-/m0/s1. The number of anilines is 3. The Balaban J connectivity index is 1.75. The SMILES string of the molecule is CC1=C(C(=O)Nc2ccccc2)C(=O)[C@@](C)(C(=O)Nc2ccccc2)N1c1ccccc1. The van der Waals surface area contributed by atoms with Crippen molar-refractivity contribution >= 4 is 34.7 Å². The second-order valence-corrected chi connectivity index (χ2v) is 7.67. The number of nitrogens with one attached hydrogen (secondary N) is 2. The van der Waals surface area contributed by atoms with E-state index in [0.717, 1.165) is 0 Å². The van der Waals surface area contributed by atoms with Crippen molar-refractivity contribution in [2.75, 3.05) is 15.5 Å². The third-order valence-corrected chi connectivity index (χ3v) is 5.56. The largest absolute Gasteiger partial charge is 0.324 e. The molecule has 0 bridgehead atoms. The van der Waals surface area contributed by atoms with Crippen LogP contribution in [0.15, 0.2) is 102 Å². The predicted octanol–water partition coefficient (Wildman–Crippen LogP) is 4.39. The minimum absolute atomic E-state index is 0.0385. The van der Waals surface area contributed by atoms with Gasteiger partial charge in [0, 0.05) is 22.8 Å². The van der Waals surface area contributed by atoms with Gasteiger partial charge in [0.1, 0.15) is 5.57 Å². The van der Waals surface area contributed by atoms with Crippen LogP contribution in [-0.4, -0.2) is 23.1 Å². The quantitative estimate of drug-likeness (QED) is 0.470. The molecule has 1 atom stereocenters. The summed E-state index contributed by atoms with van der Waals surface area (Å²) in [6, 6.07) is 26.9. The zero-order chi connectivity index (χ0) is 22.7. The minimum Gasteiger partial charge on any atom is -0.324 e. The number of benzene rings is 3. The normalized spacial score (nSPS) is 17.9. The molecule has 4 rings (SSSR count). The monoisotopic (exact) mass is 425 g/mol. The van der Waals surface area contributed by atoms with E-state index in [2.05, 4.69) is 10.6 Å². The van der Waals surface area contributed by atoms with E-state index in [1.54, 1.807) is 67.3 Å². The molecule has 2 N–H and O–H groups in total. The van der Waals surface area contributed by atoms with Crippen molar-refractivity contribution in [2.24, 2.45) is 0 Å². The van der Waals surface area contributed by atoms with Crippen LogP contribution in [0.3, 0.4) is 0 Å². The Morgan fingerprint density at radius 3 is 1.75 bits per heavy atom. The van der Waals surface area contributed by atoms with Crippen LogP contribution >= 0.6 is 0 Å². The van der Waals surface area contributed by atoms with Crippen LogP contribution in [0.25, 0.3) is 0 Å². The van der Waals surface area contributed by atoms with Crippen LogP contribution in [0.5, 0.6) is 0 Å². The third kappa shape index (κ3) is 3.67. The van der Waals surface area contributed by atoms with E-state index in [4.69, 9.17) is 0 Å². The number of allylic oxidation sites excluding steroid dienone is 1. The summed E-state index contributed by atoms with van der Waals surface area (Å²) >= 11 is 0. The van der Waals surface area contributed by atoms with Crippen molar-refractivity contribution in [3.8, 4) is 0 Å². The fraction of sp³-hybridized carbons (Fsp3) is 0.115. The van der Waals surface area contributed by atoms with Crippen molar-refractivity contribution in [1.82, 2.24) is 0 Å². The highest BCUT2D eigenvalue weighted by Gasteiger charge is 2.55. The van der Waals surface area contributed by atoms with Crippen LogP contribution in [0.2, 0.25) is 0 Å². The summed E-state index contributed by atoms with van der Waals surface area (Å²) in [7, 11) is 0. The summed E-state index contributed by atoms with van der Waals surface area (Å²) < 4.78 is 0. The molecule has 0 saturated carbocycles. The minimum atomic E-state index is -1.63. The molecular formula is C26H23N3O3. The number of carbonyl (C=O) groups is 3. The number of Topliss-reactive ketones (excluding diaryl/α,β-unsaturated/α-hetero) is 1. The molecule has 160 valence electrons. The maximum absolute atomic E-state index is 13.7. The Kier molecular flexibility index (Phi) is 5.60. The molecule has 2 amide bonds. The van der Waals surface area contributed by atoms with E-state index >= 15 is 0 Å². The molecule has 6 heteroatoms. The van der Waals surface area contributed by atoms with Gasteiger partial charge in [-0.25, -0.2) is 0 Å². The van der Waals surface area contributed by atoms with E-state index in [1.165, 1.54) is 0 Å². The van der Waals surface area contributed by atoms with Crippen LogP contribution in [0.1, 0.15) is 13.8 Å². The van der Waals surface area contributed by atoms with Crippen molar-refractivity contribution in [2.45, 2.75) is 19.4 Å². The van der Waals surface area contributed by atoms with Gasteiger partial charge in [0.25, 0.3) is 11.8 Å². The topological polar surface area (TPSA) is 78.5 Å². The number of carbonyl (C=O) groups excluding carboxylic acids is 3. The molecular weight excluding hydrogens is 402 g/mol. The highest BCUT2D eigenvalue weighted by molar-refractivity contribution is 6.36. The van der Waals surface area contributed by atoms with E-state index in [1.807, 2.05) is 42.5 Å². The number of para-hydroxylation sites is 3. The van der Waals surface area contributed by atoms with Gasteiger partial charge in [-0.3, -0.25) is 14.4 Å². The number of nitrogens with zero attached hydrogens (tertiary/aromatic N) is 1. The summed E-state index contributed by atoms with van der Waals surface area (Å²) in [5.41, 5.74) is 0.527. The summed E-state index contributed by atoms with van der Waals surface area (Å²) in [4.78, 5) is 41.9. The van der Waals surface area contributed by atoms with Crippen LogP contribution in [-0.2, 0) is 14.4 Å².